The predicted octanol–water partition coefficient (Wildman–Crippen LogP) is 5.01. The van der Waals surface area contributed by atoms with E-state index in [4.69, 9.17) is 11.6 Å². The number of anilines is 1. The largest absolute Gasteiger partial charge is 0.352 e. The molecule has 10 heteroatoms. The van der Waals surface area contributed by atoms with Crippen LogP contribution in [-0.2, 0) is 26.2 Å². The third-order valence-electron chi connectivity index (χ3n) is 6.17. The molecule has 0 bridgehead atoms. The molecule has 0 spiro atoms. The number of sulfonamides is 1. The number of nitrogens with zero attached hydrogens (tertiary/aromatic N) is 2. The fourth-order valence-corrected chi connectivity index (χ4v) is 5.32. The zero-order valence-electron chi connectivity index (χ0n) is 21.5. The number of carbonyl (C=O) groups is 2. The molecule has 0 aromatic heterocycles. The van der Waals surface area contributed by atoms with E-state index in [2.05, 4.69) is 5.32 Å². The topological polar surface area (TPSA) is 86.8 Å². The Morgan fingerprint density at radius 2 is 1.58 bits per heavy atom. The van der Waals surface area contributed by atoms with E-state index in [1.165, 1.54) is 23.1 Å². The fourth-order valence-electron chi connectivity index (χ4n) is 3.72. The van der Waals surface area contributed by atoms with Crippen molar-refractivity contribution < 1.29 is 22.4 Å². The minimum absolute atomic E-state index is 0.0185. The first kappa shape index (κ1) is 29.1. The maximum Gasteiger partial charge on any atom is 0.264 e. The molecule has 0 aliphatic rings. The van der Waals surface area contributed by atoms with Gasteiger partial charge in [0.15, 0.2) is 0 Å². The zero-order valence-corrected chi connectivity index (χ0v) is 23.0. The van der Waals surface area contributed by atoms with E-state index in [-0.39, 0.29) is 34.1 Å². The van der Waals surface area contributed by atoms with Gasteiger partial charge in [-0.1, -0.05) is 67.1 Å². The summed E-state index contributed by atoms with van der Waals surface area (Å²) in [5.41, 5.74) is 0.788. The van der Waals surface area contributed by atoms with E-state index in [9.17, 15) is 22.4 Å². The predicted molar refractivity (Wildman–Crippen MR) is 147 cm³/mol. The molecular formula is C28H31ClFN3O4S. The van der Waals surface area contributed by atoms with Gasteiger partial charge in [-0.3, -0.25) is 13.9 Å². The number of carbonyl (C=O) groups excluding carboxylic acids is 2. The van der Waals surface area contributed by atoms with Crippen molar-refractivity contribution in [1.29, 1.82) is 0 Å². The number of nitrogens with one attached hydrogen (secondary N) is 1. The summed E-state index contributed by atoms with van der Waals surface area (Å²) in [5.74, 6) is -1.69. The monoisotopic (exact) mass is 559 g/mol. The second-order valence-electron chi connectivity index (χ2n) is 8.92. The maximum atomic E-state index is 13.9. The summed E-state index contributed by atoms with van der Waals surface area (Å²) in [7, 11) is -4.25. The molecule has 0 saturated heterocycles. The molecule has 0 aliphatic heterocycles. The summed E-state index contributed by atoms with van der Waals surface area (Å²) in [5, 5.41) is 2.60. The highest BCUT2D eigenvalue weighted by atomic mass is 35.5. The van der Waals surface area contributed by atoms with Crippen LogP contribution in [0, 0.1) is 5.82 Å². The SMILES string of the molecule is CC[C@@H](C)NC(=O)[C@H](C)N(Cc1ccccc1)C(=O)CN(c1ccc(F)c(Cl)c1)S(=O)(=O)c1ccccc1. The molecule has 2 atom stereocenters. The standard InChI is InChI=1S/C28H31ClFN3O4S/c1-4-20(2)31-28(35)21(3)32(18-22-11-7-5-8-12-22)27(34)19-33(23-15-16-26(30)25(29)17-23)38(36,37)24-13-9-6-10-14-24/h5-17,20-21H,4,18-19H2,1-3H3,(H,31,35)/t20-,21+/m1/s1. The number of rotatable bonds is 11. The minimum atomic E-state index is -4.25. The van der Waals surface area contributed by atoms with Crippen LogP contribution in [0.25, 0.3) is 0 Å². The van der Waals surface area contributed by atoms with Gasteiger partial charge in [-0.25, -0.2) is 12.8 Å². The summed E-state index contributed by atoms with van der Waals surface area (Å²) >= 11 is 5.97. The number of hydrogen-bond donors (Lipinski definition) is 1. The van der Waals surface area contributed by atoms with Crippen LogP contribution >= 0.6 is 11.6 Å². The Labute approximate surface area is 228 Å². The van der Waals surface area contributed by atoms with E-state index in [0.29, 0.717) is 6.42 Å². The molecule has 202 valence electrons. The lowest BCUT2D eigenvalue weighted by Gasteiger charge is -2.32. The van der Waals surface area contributed by atoms with Gasteiger partial charge in [0.2, 0.25) is 11.8 Å². The molecule has 0 aliphatic carbocycles. The van der Waals surface area contributed by atoms with Crippen LogP contribution in [0.1, 0.15) is 32.8 Å². The summed E-state index contributed by atoms with van der Waals surface area (Å²) in [6.07, 6.45) is 0.708. The summed E-state index contributed by atoms with van der Waals surface area (Å²) in [6.45, 7) is 4.84. The Bertz CT molecular complexity index is 1360. The lowest BCUT2D eigenvalue weighted by Crippen LogP contribution is -2.52. The van der Waals surface area contributed by atoms with Crippen LogP contribution in [0.4, 0.5) is 10.1 Å². The van der Waals surface area contributed by atoms with Crippen LogP contribution in [0.2, 0.25) is 5.02 Å². The van der Waals surface area contributed by atoms with Crippen molar-refractivity contribution in [2.24, 2.45) is 0 Å². The average Bonchev–Trinajstić information content (AvgIpc) is 2.92. The van der Waals surface area contributed by atoms with E-state index < -0.39 is 34.3 Å². The Hall–Kier alpha value is -3.43. The molecule has 3 aromatic rings. The molecule has 0 saturated carbocycles. The molecule has 3 rings (SSSR count). The summed E-state index contributed by atoms with van der Waals surface area (Å²) in [6, 6.07) is 19.2. The molecular weight excluding hydrogens is 529 g/mol. The highest BCUT2D eigenvalue weighted by Gasteiger charge is 2.33. The van der Waals surface area contributed by atoms with Crippen molar-refractivity contribution in [3.8, 4) is 0 Å². The highest BCUT2D eigenvalue weighted by Crippen LogP contribution is 2.28. The molecule has 0 unspecified atom stereocenters. The van der Waals surface area contributed by atoms with Crippen LogP contribution in [0.3, 0.4) is 0 Å². The molecule has 1 N–H and O–H groups in total. The molecule has 3 aromatic carbocycles. The van der Waals surface area contributed by atoms with Gasteiger partial charge in [-0.2, -0.15) is 0 Å². The lowest BCUT2D eigenvalue weighted by atomic mass is 10.1. The first-order chi connectivity index (χ1) is 18.0. The number of halogens is 2. The van der Waals surface area contributed by atoms with Gasteiger partial charge in [-0.05, 0) is 56.2 Å². The quantitative estimate of drug-likeness (QED) is 0.358. The molecule has 0 heterocycles. The van der Waals surface area contributed by atoms with Crippen molar-refractivity contribution in [3.05, 3.63) is 95.3 Å². The van der Waals surface area contributed by atoms with Gasteiger partial charge in [0.25, 0.3) is 10.0 Å². The van der Waals surface area contributed by atoms with E-state index in [0.717, 1.165) is 22.0 Å². The second kappa shape index (κ2) is 12.9. The molecule has 0 radical (unpaired) electrons. The van der Waals surface area contributed by atoms with Gasteiger partial charge in [-0.15, -0.1) is 0 Å². The van der Waals surface area contributed by atoms with Crippen LogP contribution < -0.4 is 9.62 Å². The van der Waals surface area contributed by atoms with E-state index in [1.807, 2.05) is 44.2 Å². The Kier molecular flexibility index (Phi) is 9.88. The summed E-state index contributed by atoms with van der Waals surface area (Å²) in [4.78, 5) is 28.1. The smallest absolute Gasteiger partial charge is 0.264 e. The Morgan fingerprint density at radius 1 is 0.974 bits per heavy atom. The molecule has 7 nitrogen and oxygen atoms in total. The maximum absolute atomic E-state index is 13.9. The van der Waals surface area contributed by atoms with Gasteiger partial charge < -0.3 is 10.2 Å². The Morgan fingerprint density at radius 3 is 2.16 bits per heavy atom. The third-order valence-corrected chi connectivity index (χ3v) is 8.24. The molecule has 38 heavy (non-hydrogen) atoms. The summed E-state index contributed by atoms with van der Waals surface area (Å²) < 4.78 is 42.2. The second-order valence-corrected chi connectivity index (χ2v) is 11.2. The van der Waals surface area contributed by atoms with E-state index in [1.54, 1.807) is 25.1 Å². The molecule has 2 amide bonds. The van der Waals surface area contributed by atoms with E-state index >= 15 is 0 Å². The first-order valence-electron chi connectivity index (χ1n) is 12.2. The highest BCUT2D eigenvalue weighted by molar-refractivity contribution is 7.92. The molecule has 0 fully saturated rings. The van der Waals surface area contributed by atoms with Crippen molar-refractivity contribution >= 4 is 39.1 Å². The van der Waals surface area contributed by atoms with Gasteiger partial charge in [0.05, 0.1) is 15.6 Å². The number of benzene rings is 3. The van der Waals surface area contributed by atoms with Crippen molar-refractivity contribution in [3.63, 3.8) is 0 Å². The third kappa shape index (κ3) is 7.11. The number of amides is 2. The van der Waals surface area contributed by atoms with Crippen LogP contribution in [-0.4, -0.2) is 43.8 Å². The van der Waals surface area contributed by atoms with Crippen molar-refractivity contribution in [2.45, 2.75) is 50.7 Å². The van der Waals surface area contributed by atoms with Crippen LogP contribution in [0.5, 0.6) is 0 Å². The Balaban J connectivity index is 2.02. The first-order valence-corrected chi connectivity index (χ1v) is 14.0. The average molecular weight is 560 g/mol. The lowest BCUT2D eigenvalue weighted by molar-refractivity contribution is -0.139. The zero-order chi connectivity index (χ0) is 27.9. The van der Waals surface area contributed by atoms with Gasteiger partial charge in [0.1, 0.15) is 18.4 Å². The number of hydrogen-bond acceptors (Lipinski definition) is 4. The minimum Gasteiger partial charge on any atom is -0.352 e. The van der Waals surface area contributed by atoms with Crippen molar-refractivity contribution in [2.75, 3.05) is 10.8 Å². The van der Waals surface area contributed by atoms with Gasteiger partial charge >= 0.3 is 0 Å². The van der Waals surface area contributed by atoms with Gasteiger partial charge in [0, 0.05) is 12.6 Å². The van der Waals surface area contributed by atoms with Crippen molar-refractivity contribution in [1.82, 2.24) is 10.2 Å². The normalized spacial score (nSPS) is 12.9. The van der Waals surface area contributed by atoms with Crippen LogP contribution in [0.15, 0.2) is 83.8 Å². The fraction of sp³-hybridized carbons (Fsp3) is 0.286.